The highest BCUT2D eigenvalue weighted by Crippen LogP contribution is 2.26. The first-order valence-corrected chi connectivity index (χ1v) is 10.7. The zero-order valence-corrected chi connectivity index (χ0v) is 17.0. The molecule has 2 N–H and O–H groups in total. The molecule has 1 saturated heterocycles. The lowest BCUT2D eigenvalue weighted by Crippen LogP contribution is -2.51. The van der Waals surface area contributed by atoms with E-state index >= 15 is 0 Å². The average molecular weight is 400 g/mol. The van der Waals surface area contributed by atoms with Crippen LogP contribution in [0.3, 0.4) is 0 Å². The largest absolute Gasteiger partial charge is 0.395 e. The Kier molecular flexibility index (Phi) is 8.36. The van der Waals surface area contributed by atoms with Gasteiger partial charge in [0.05, 0.1) is 6.61 Å². The fourth-order valence-electron chi connectivity index (χ4n) is 3.37. The Morgan fingerprint density at radius 2 is 1.71 bits per heavy atom. The second kappa shape index (κ2) is 11.2. The van der Waals surface area contributed by atoms with E-state index in [1.54, 1.807) is 11.8 Å². The smallest absolute Gasteiger partial charge is 0.237 e. The molecule has 6 heteroatoms. The van der Waals surface area contributed by atoms with Crippen LogP contribution in [0.4, 0.5) is 0 Å². The monoisotopic (exact) mass is 399 g/mol. The van der Waals surface area contributed by atoms with Gasteiger partial charge < -0.3 is 15.3 Å². The fraction of sp³-hybridized carbons (Fsp3) is 0.409. The number of piperazine rings is 1. The highest BCUT2D eigenvalue weighted by atomic mass is 32.2. The highest BCUT2D eigenvalue weighted by Gasteiger charge is 2.28. The second-order valence-corrected chi connectivity index (χ2v) is 8.22. The summed E-state index contributed by atoms with van der Waals surface area (Å²) in [5.41, 5.74) is 1.19. The van der Waals surface area contributed by atoms with E-state index in [9.17, 15) is 9.90 Å². The van der Waals surface area contributed by atoms with Crippen molar-refractivity contribution < 1.29 is 9.90 Å². The van der Waals surface area contributed by atoms with Crippen molar-refractivity contribution in [2.75, 3.05) is 45.9 Å². The molecule has 5 nitrogen and oxygen atoms in total. The Bertz CT molecular complexity index is 708. The molecule has 0 bridgehead atoms. The van der Waals surface area contributed by atoms with Crippen molar-refractivity contribution in [2.45, 2.75) is 16.7 Å². The number of aliphatic hydroxyl groups excluding tert-OH is 1. The predicted molar refractivity (Wildman–Crippen MR) is 114 cm³/mol. The zero-order chi connectivity index (χ0) is 19.6. The summed E-state index contributed by atoms with van der Waals surface area (Å²) in [7, 11) is 0. The average Bonchev–Trinajstić information content (AvgIpc) is 2.75. The van der Waals surface area contributed by atoms with Crippen LogP contribution in [0.5, 0.6) is 0 Å². The number of thioether (sulfide) groups is 1. The number of nitrogens with zero attached hydrogens (tertiary/aromatic N) is 2. The Balaban J connectivity index is 1.74. The molecule has 1 aliphatic rings. The lowest BCUT2D eigenvalue weighted by Gasteiger charge is -2.33. The number of nitrogens with one attached hydrogen (secondary N) is 1. The van der Waals surface area contributed by atoms with E-state index in [1.165, 1.54) is 5.56 Å². The van der Waals surface area contributed by atoms with Crippen molar-refractivity contribution in [1.82, 2.24) is 15.1 Å². The lowest BCUT2D eigenvalue weighted by atomic mass is 10.2. The number of hydrogen-bond donors (Lipinski definition) is 2. The van der Waals surface area contributed by atoms with Gasteiger partial charge in [-0.2, -0.15) is 0 Å². The topological polar surface area (TPSA) is 55.8 Å². The molecule has 1 aliphatic heterocycles. The number of aliphatic hydroxyl groups is 1. The van der Waals surface area contributed by atoms with E-state index in [1.807, 2.05) is 41.3 Å². The predicted octanol–water partition coefficient (Wildman–Crippen LogP) is 2.07. The first-order valence-electron chi connectivity index (χ1n) is 9.84. The molecule has 150 valence electrons. The van der Waals surface area contributed by atoms with Crippen LogP contribution < -0.4 is 5.32 Å². The first-order chi connectivity index (χ1) is 13.8. The molecule has 1 atom stereocenters. The van der Waals surface area contributed by atoms with Crippen molar-refractivity contribution in [1.29, 1.82) is 0 Å². The molecule has 28 heavy (non-hydrogen) atoms. The minimum absolute atomic E-state index is 0.0807. The van der Waals surface area contributed by atoms with Crippen molar-refractivity contribution in [2.24, 2.45) is 0 Å². The summed E-state index contributed by atoms with van der Waals surface area (Å²) < 4.78 is 0. The van der Waals surface area contributed by atoms with Gasteiger partial charge in [0.1, 0.15) is 5.25 Å². The minimum atomic E-state index is -0.198. The van der Waals surface area contributed by atoms with Crippen LogP contribution in [-0.4, -0.2) is 71.9 Å². The quantitative estimate of drug-likeness (QED) is 0.633. The third kappa shape index (κ3) is 6.34. The fourth-order valence-corrected chi connectivity index (χ4v) is 4.55. The highest BCUT2D eigenvalue weighted by molar-refractivity contribution is 8.00. The number of amides is 1. The molecular formula is C22H29N3O2S. The molecule has 0 spiro atoms. The molecule has 0 aromatic heterocycles. The summed E-state index contributed by atoms with van der Waals surface area (Å²) in [6.07, 6.45) is 0. The summed E-state index contributed by atoms with van der Waals surface area (Å²) in [5, 5.41) is 12.7. The number of hydrogen-bond acceptors (Lipinski definition) is 5. The van der Waals surface area contributed by atoms with Gasteiger partial charge in [-0.3, -0.25) is 9.69 Å². The van der Waals surface area contributed by atoms with Crippen molar-refractivity contribution in [3.05, 3.63) is 66.2 Å². The molecular weight excluding hydrogens is 370 g/mol. The number of carbonyl (C=O) groups is 1. The lowest BCUT2D eigenvalue weighted by molar-refractivity contribution is -0.131. The standard InChI is InChI=1S/C22H29N3O2S/c26-16-15-24(17-19-7-3-1-4-8-19)18-21(28-20-9-5-2-6-10-20)22(27)25-13-11-23-12-14-25/h1-10,21,23,26H,11-18H2. The number of carbonyl (C=O) groups excluding carboxylic acids is 1. The Morgan fingerprint density at radius 1 is 1.07 bits per heavy atom. The van der Waals surface area contributed by atoms with E-state index in [-0.39, 0.29) is 17.8 Å². The normalized spacial score (nSPS) is 15.6. The van der Waals surface area contributed by atoms with Crippen molar-refractivity contribution in [3.8, 4) is 0 Å². The van der Waals surface area contributed by atoms with Crippen molar-refractivity contribution >= 4 is 17.7 Å². The SMILES string of the molecule is O=C(C(CN(CCO)Cc1ccccc1)Sc1ccccc1)N1CCNCC1. The Hall–Kier alpha value is -1.86. The maximum absolute atomic E-state index is 13.3. The Labute approximate surface area is 171 Å². The Morgan fingerprint density at radius 3 is 2.36 bits per heavy atom. The van der Waals surface area contributed by atoms with Gasteiger partial charge in [0.2, 0.25) is 5.91 Å². The van der Waals surface area contributed by atoms with Crippen LogP contribution in [0.25, 0.3) is 0 Å². The van der Waals surface area contributed by atoms with Crippen LogP contribution in [0, 0.1) is 0 Å². The van der Waals surface area contributed by atoms with E-state index < -0.39 is 0 Å². The van der Waals surface area contributed by atoms with Gasteiger partial charge in [0.15, 0.2) is 0 Å². The summed E-state index contributed by atoms with van der Waals surface area (Å²) in [5.74, 6) is 0.186. The number of benzene rings is 2. The molecule has 1 amide bonds. The van der Waals surface area contributed by atoms with Gasteiger partial charge >= 0.3 is 0 Å². The van der Waals surface area contributed by atoms with E-state index in [2.05, 4.69) is 34.5 Å². The summed E-state index contributed by atoms with van der Waals surface area (Å²) in [4.78, 5) is 18.5. The van der Waals surface area contributed by atoms with Crippen LogP contribution in [0.1, 0.15) is 5.56 Å². The molecule has 0 aliphatic carbocycles. The van der Waals surface area contributed by atoms with Gasteiger partial charge in [-0.25, -0.2) is 0 Å². The molecule has 0 radical (unpaired) electrons. The maximum atomic E-state index is 13.3. The van der Waals surface area contributed by atoms with Crippen molar-refractivity contribution in [3.63, 3.8) is 0 Å². The molecule has 2 aromatic rings. The first kappa shape index (κ1) is 20.9. The molecule has 1 fully saturated rings. The summed E-state index contributed by atoms with van der Waals surface area (Å²) >= 11 is 1.62. The maximum Gasteiger partial charge on any atom is 0.237 e. The molecule has 3 rings (SSSR count). The van der Waals surface area contributed by atoms with E-state index in [0.29, 0.717) is 13.1 Å². The third-order valence-electron chi connectivity index (χ3n) is 4.81. The van der Waals surface area contributed by atoms with Crippen LogP contribution in [-0.2, 0) is 11.3 Å². The summed E-state index contributed by atoms with van der Waals surface area (Å²) in [6.45, 7) is 5.16. The zero-order valence-electron chi connectivity index (χ0n) is 16.2. The van der Waals surface area contributed by atoms with Crippen LogP contribution in [0.2, 0.25) is 0 Å². The minimum Gasteiger partial charge on any atom is -0.395 e. The second-order valence-electron chi connectivity index (χ2n) is 6.94. The third-order valence-corrected chi connectivity index (χ3v) is 5.99. The molecule has 0 saturated carbocycles. The summed E-state index contributed by atoms with van der Waals surface area (Å²) in [6, 6.07) is 20.3. The molecule has 1 unspecified atom stereocenters. The van der Waals surface area contributed by atoms with Crippen LogP contribution >= 0.6 is 11.8 Å². The van der Waals surface area contributed by atoms with Gasteiger partial charge in [-0.05, 0) is 17.7 Å². The van der Waals surface area contributed by atoms with E-state index in [4.69, 9.17) is 0 Å². The van der Waals surface area contributed by atoms with E-state index in [0.717, 1.165) is 37.6 Å². The van der Waals surface area contributed by atoms with Gasteiger partial charge in [0, 0.05) is 50.7 Å². The van der Waals surface area contributed by atoms with Crippen LogP contribution in [0.15, 0.2) is 65.6 Å². The number of rotatable bonds is 9. The molecule has 2 aromatic carbocycles. The van der Waals surface area contributed by atoms with Gasteiger partial charge in [0.25, 0.3) is 0 Å². The van der Waals surface area contributed by atoms with Gasteiger partial charge in [-0.15, -0.1) is 11.8 Å². The van der Waals surface area contributed by atoms with Gasteiger partial charge in [-0.1, -0.05) is 48.5 Å². The molecule has 1 heterocycles.